The molecule has 0 aromatic heterocycles. The predicted octanol–water partition coefficient (Wildman–Crippen LogP) is 3.31. The van der Waals surface area contributed by atoms with E-state index in [-0.39, 0.29) is 23.2 Å². The molecule has 16 heavy (non-hydrogen) atoms. The molecule has 0 saturated carbocycles. The van der Waals surface area contributed by atoms with Gasteiger partial charge in [-0.05, 0) is 18.1 Å². The lowest BCUT2D eigenvalue weighted by Crippen LogP contribution is -2.18. The van der Waals surface area contributed by atoms with E-state index in [9.17, 15) is 9.18 Å². The number of halogens is 1. The second-order valence-electron chi connectivity index (χ2n) is 4.24. The van der Waals surface area contributed by atoms with Crippen LogP contribution in [0.25, 0.3) is 0 Å². The molecule has 0 N–H and O–H groups in total. The number of hydrogen-bond donors (Lipinski definition) is 0. The third kappa shape index (κ3) is 2.60. The van der Waals surface area contributed by atoms with Crippen LogP contribution in [0.4, 0.5) is 4.39 Å². The fourth-order valence-electron chi connectivity index (χ4n) is 1.37. The first-order valence-corrected chi connectivity index (χ1v) is 5.35. The first-order valence-electron chi connectivity index (χ1n) is 5.35. The molecule has 0 aliphatic rings. The number of ketones is 1. The van der Waals surface area contributed by atoms with E-state index in [0.717, 1.165) is 0 Å². The topological polar surface area (TPSA) is 26.3 Å². The van der Waals surface area contributed by atoms with Gasteiger partial charge in [0, 0.05) is 12.0 Å². The molecule has 1 rings (SSSR count). The number of hydrogen-bond acceptors (Lipinski definition) is 2. The number of rotatable bonds is 4. The minimum atomic E-state index is -0.517. The molecule has 0 bridgehead atoms. The molecule has 0 fully saturated rings. The van der Waals surface area contributed by atoms with Crippen molar-refractivity contribution in [2.75, 3.05) is 7.11 Å². The Kier molecular flexibility index (Phi) is 4.05. The summed E-state index contributed by atoms with van der Waals surface area (Å²) in [5.74, 6) is -0.227. The number of ether oxygens (including phenoxy) is 1. The van der Waals surface area contributed by atoms with Gasteiger partial charge < -0.3 is 4.74 Å². The maximum atomic E-state index is 13.6. The van der Waals surface area contributed by atoms with Crippen LogP contribution in [-0.2, 0) is 0 Å². The van der Waals surface area contributed by atoms with Gasteiger partial charge in [0.1, 0.15) is 11.6 Å². The van der Waals surface area contributed by atoms with E-state index in [1.807, 2.05) is 20.8 Å². The number of Topliss-reactive ketones (excluding diaryl/α,β-unsaturated/α-hetero) is 1. The van der Waals surface area contributed by atoms with E-state index in [4.69, 9.17) is 4.74 Å². The van der Waals surface area contributed by atoms with Gasteiger partial charge in [0.25, 0.3) is 0 Å². The highest BCUT2D eigenvalue weighted by Crippen LogP contribution is 2.22. The molecule has 0 aliphatic carbocycles. The Bertz CT molecular complexity index is 386. The monoisotopic (exact) mass is 224 g/mol. The lowest BCUT2D eigenvalue weighted by atomic mass is 9.89. The Morgan fingerprint density at radius 2 is 1.94 bits per heavy atom. The molecule has 0 heterocycles. The fraction of sp³-hybridized carbons (Fsp3) is 0.462. The summed E-state index contributed by atoms with van der Waals surface area (Å²) >= 11 is 0. The van der Waals surface area contributed by atoms with Crippen molar-refractivity contribution in [3.05, 3.63) is 29.6 Å². The molecule has 0 aliphatic heterocycles. The highest BCUT2D eigenvalue weighted by Gasteiger charge is 2.21. The normalized spacial score (nSPS) is 12.6. The van der Waals surface area contributed by atoms with Gasteiger partial charge >= 0.3 is 0 Å². The van der Waals surface area contributed by atoms with Crippen molar-refractivity contribution in [2.24, 2.45) is 11.8 Å². The average molecular weight is 224 g/mol. The molecular formula is C13H17FO2. The number of carbonyl (C=O) groups is 1. The SMILES string of the molecule is COc1ccc(C(=O)C(C)C(C)C)c(F)c1. The van der Waals surface area contributed by atoms with Gasteiger partial charge in [-0.3, -0.25) is 4.79 Å². The summed E-state index contributed by atoms with van der Waals surface area (Å²) in [4.78, 5) is 11.9. The van der Waals surface area contributed by atoms with Crippen LogP contribution in [0.3, 0.4) is 0 Å². The zero-order valence-electron chi connectivity index (χ0n) is 10.1. The second-order valence-corrected chi connectivity index (χ2v) is 4.24. The maximum Gasteiger partial charge on any atom is 0.168 e. The smallest absolute Gasteiger partial charge is 0.168 e. The van der Waals surface area contributed by atoms with Gasteiger partial charge in [-0.15, -0.1) is 0 Å². The quantitative estimate of drug-likeness (QED) is 0.733. The lowest BCUT2D eigenvalue weighted by Gasteiger charge is -2.14. The standard InChI is InChI=1S/C13H17FO2/c1-8(2)9(3)13(15)11-6-5-10(16-4)7-12(11)14/h5-9H,1-4H3. The molecule has 2 nitrogen and oxygen atoms in total. The van der Waals surface area contributed by atoms with E-state index < -0.39 is 5.82 Å². The Hall–Kier alpha value is -1.38. The van der Waals surface area contributed by atoms with Gasteiger partial charge in [-0.1, -0.05) is 20.8 Å². The van der Waals surface area contributed by atoms with Crippen molar-refractivity contribution >= 4 is 5.78 Å². The third-order valence-corrected chi connectivity index (χ3v) is 2.86. The van der Waals surface area contributed by atoms with Crippen LogP contribution in [0.1, 0.15) is 31.1 Å². The highest BCUT2D eigenvalue weighted by atomic mass is 19.1. The van der Waals surface area contributed by atoms with E-state index in [0.29, 0.717) is 5.75 Å². The van der Waals surface area contributed by atoms with Crippen molar-refractivity contribution in [3.63, 3.8) is 0 Å². The highest BCUT2D eigenvalue weighted by molar-refractivity contribution is 5.98. The average Bonchev–Trinajstić information content (AvgIpc) is 2.26. The molecule has 1 aromatic carbocycles. The summed E-state index contributed by atoms with van der Waals surface area (Å²) in [7, 11) is 1.47. The summed E-state index contributed by atoms with van der Waals surface area (Å²) in [6.07, 6.45) is 0. The van der Waals surface area contributed by atoms with E-state index >= 15 is 0 Å². The van der Waals surface area contributed by atoms with Crippen LogP contribution < -0.4 is 4.74 Å². The third-order valence-electron chi connectivity index (χ3n) is 2.86. The van der Waals surface area contributed by atoms with E-state index in [2.05, 4.69) is 0 Å². The summed E-state index contributed by atoms with van der Waals surface area (Å²) in [6, 6.07) is 4.32. The number of benzene rings is 1. The van der Waals surface area contributed by atoms with Gasteiger partial charge in [-0.25, -0.2) is 4.39 Å². The molecule has 0 radical (unpaired) electrons. The molecule has 0 saturated heterocycles. The number of carbonyl (C=O) groups excluding carboxylic acids is 1. The fourth-order valence-corrected chi connectivity index (χ4v) is 1.37. The van der Waals surface area contributed by atoms with Gasteiger partial charge in [0.05, 0.1) is 12.7 Å². The lowest BCUT2D eigenvalue weighted by molar-refractivity contribution is 0.0895. The molecule has 1 aromatic rings. The summed E-state index contributed by atoms with van der Waals surface area (Å²) in [5.41, 5.74) is 0.141. The largest absolute Gasteiger partial charge is 0.497 e. The zero-order valence-corrected chi connectivity index (χ0v) is 10.1. The maximum absolute atomic E-state index is 13.6. The van der Waals surface area contributed by atoms with Crippen LogP contribution in [-0.4, -0.2) is 12.9 Å². The molecule has 88 valence electrons. The van der Waals surface area contributed by atoms with Crippen LogP contribution >= 0.6 is 0 Å². The minimum absolute atomic E-state index is 0.141. The van der Waals surface area contributed by atoms with Crippen LogP contribution in [0.2, 0.25) is 0 Å². The summed E-state index contributed by atoms with van der Waals surface area (Å²) in [6.45, 7) is 5.71. The first kappa shape index (κ1) is 12.7. The van der Waals surface area contributed by atoms with Crippen molar-refractivity contribution in [1.82, 2.24) is 0 Å². The molecular weight excluding hydrogens is 207 g/mol. The first-order chi connectivity index (χ1) is 7.47. The Balaban J connectivity index is 3.01. The van der Waals surface area contributed by atoms with E-state index in [1.54, 1.807) is 6.07 Å². The van der Waals surface area contributed by atoms with Gasteiger partial charge in [-0.2, -0.15) is 0 Å². The Labute approximate surface area is 95.4 Å². The molecule has 3 heteroatoms. The molecule has 1 atom stereocenters. The van der Waals surface area contributed by atoms with Crippen molar-refractivity contribution in [3.8, 4) is 5.75 Å². The summed E-state index contributed by atoms with van der Waals surface area (Å²) in [5, 5.41) is 0. The molecule has 1 unspecified atom stereocenters. The number of methoxy groups -OCH3 is 1. The van der Waals surface area contributed by atoms with E-state index in [1.165, 1.54) is 19.2 Å². The molecule has 0 amide bonds. The van der Waals surface area contributed by atoms with Crippen LogP contribution in [0, 0.1) is 17.7 Å². The van der Waals surface area contributed by atoms with Crippen molar-refractivity contribution in [1.29, 1.82) is 0 Å². The predicted molar refractivity (Wildman–Crippen MR) is 61.3 cm³/mol. The minimum Gasteiger partial charge on any atom is -0.497 e. The van der Waals surface area contributed by atoms with Gasteiger partial charge in [0.2, 0.25) is 0 Å². The Morgan fingerprint density at radius 1 is 1.31 bits per heavy atom. The van der Waals surface area contributed by atoms with Crippen molar-refractivity contribution in [2.45, 2.75) is 20.8 Å². The van der Waals surface area contributed by atoms with Crippen molar-refractivity contribution < 1.29 is 13.9 Å². The van der Waals surface area contributed by atoms with Crippen LogP contribution in [0.15, 0.2) is 18.2 Å². The zero-order chi connectivity index (χ0) is 12.3. The second kappa shape index (κ2) is 5.10. The Morgan fingerprint density at radius 3 is 2.38 bits per heavy atom. The summed E-state index contributed by atoms with van der Waals surface area (Å²) < 4.78 is 18.5. The van der Waals surface area contributed by atoms with Crippen LogP contribution in [0.5, 0.6) is 5.75 Å². The molecule has 0 spiro atoms. The van der Waals surface area contributed by atoms with Gasteiger partial charge in [0.15, 0.2) is 5.78 Å².